The summed E-state index contributed by atoms with van der Waals surface area (Å²) in [6.07, 6.45) is 3.67. The van der Waals surface area contributed by atoms with E-state index in [0.717, 1.165) is 6.61 Å². The molecule has 0 aliphatic carbocycles. The lowest BCUT2D eigenvalue weighted by Crippen LogP contribution is -2.38. The maximum atomic E-state index is 6.12. The molecule has 0 saturated carbocycles. The Morgan fingerprint density at radius 2 is 2.06 bits per heavy atom. The number of rotatable bonds is 3. The van der Waals surface area contributed by atoms with Gasteiger partial charge in [-0.05, 0) is 31.7 Å². The molecule has 0 bridgehead atoms. The summed E-state index contributed by atoms with van der Waals surface area (Å²) in [5.74, 6) is 0. The predicted molar refractivity (Wildman–Crippen MR) is 71.4 cm³/mol. The van der Waals surface area contributed by atoms with Crippen LogP contribution >= 0.6 is 0 Å². The summed E-state index contributed by atoms with van der Waals surface area (Å²) < 4.78 is 6.12. The van der Waals surface area contributed by atoms with E-state index in [-0.39, 0.29) is 5.22 Å². The lowest BCUT2D eigenvalue weighted by Gasteiger charge is -2.37. The molecule has 2 heteroatoms. The van der Waals surface area contributed by atoms with E-state index in [9.17, 15) is 0 Å². The van der Waals surface area contributed by atoms with Crippen molar-refractivity contribution in [1.82, 2.24) is 0 Å². The van der Waals surface area contributed by atoms with Gasteiger partial charge in [-0.15, -0.1) is 12.3 Å². The predicted octanol–water partition coefficient (Wildman–Crippen LogP) is 2.66. The monoisotopic (exact) mass is 232 g/mol. The topological polar surface area (TPSA) is 9.23 Å². The van der Waals surface area contributed by atoms with Crippen molar-refractivity contribution in [1.29, 1.82) is 0 Å². The SMILES string of the molecule is C=C[SiH2]C1(c2ccc(C)cc2)CCCCO1. The lowest BCUT2D eigenvalue weighted by molar-refractivity contribution is -0.0229. The van der Waals surface area contributed by atoms with E-state index in [4.69, 9.17) is 4.74 Å². The van der Waals surface area contributed by atoms with Gasteiger partial charge in [0.1, 0.15) is 0 Å². The fourth-order valence-corrected chi connectivity index (χ4v) is 4.10. The summed E-state index contributed by atoms with van der Waals surface area (Å²) >= 11 is 0. The number of benzene rings is 1. The van der Waals surface area contributed by atoms with Gasteiger partial charge < -0.3 is 4.74 Å². The van der Waals surface area contributed by atoms with E-state index >= 15 is 0 Å². The average Bonchev–Trinajstić information content (AvgIpc) is 2.31. The fraction of sp³-hybridized carbons (Fsp3) is 0.429. The van der Waals surface area contributed by atoms with Gasteiger partial charge in [-0.3, -0.25) is 0 Å². The van der Waals surface area contributed by atoms with E-state index in [1.165, 1.54) is 30.4 Å². The van der Waals surface area contributed by atoms with Crippen LogP contribution < -0.4 is 0 Å². The highest BCUT2D eigenvalue weighted by atomic mass is 28.2. The largest absolute Gasteiger partial charge is 0.374 e. The van der Waals surface area contributed by atoms with Gasteiger partial charge in [0.25, 0.3) is 0 Å². The molecule has 1 aromatic carbocycles. The third kappa shape index (κ3) is 2.28. The highest BCUT2D eigenvalue weighted by Crippen LogP contribution is 2.34. The standard InChI is InChI=1S/C14H20OSi/c1-3-16-14(10-4-5-11-15-14)13-8-6-12(2)7-9-13/h3,6-9H,1,4-5,10-11,16H2,2H3. The van der Waals surface area contributed by atoms with Crippen molar-refractivity contribution in [3.05, 3.63) is 47.7 Å². The Labute approximate surface area is 100 Å². The zero-order valence-corrected chi connectivity index (χ0v) is 11.5. The molecule has 86 valence electrons. The van der Waals surface area contributed by atoms with Crippen LogP contribution in [-0.2, 0) is 9.96 Å². The molecule has 1 atom stereocenters. The van der Waals surface area contributed by atoms with E-state index in [1.807, 2.05) is 0 Å². The number of hydrogen-bond acceptors (Lipinski definition) is 1. The smallest absolute Gasteiger partial charge is 0.0884 e. The van der Waals surface area contributed by atoms with Crippen molar-refractivity contribution in [2.24, 2.45) is 0 Å². The van der Waals surface area contributed by atoms with E-state index in [0.29, 0.717) is 0 Å². The molecule has 1 saturated heterocycles. The Bertz CT molecular complexity index is 350. The molecule has 1 aliphatic heterocycles. The molecular weight excluding hydrogens is 212 g/mol. The molecule has 0 radical (unpaired) electrons. The normalized spacial score (nSPS) is 26.1. The van der Waals surface area contributed by atoms with Crippen LogP contribution in [0.4, 0.5) is 0 Å². The third-order valence-corrected chi connectivity index (χ3v) is 5.32. The zero-order valence-electron chi connectivity index (χ0n) is 10.0. The van der Waals surface area contributed by atoms with Gasteiger partial charge in [0.15, 0.2) is 0 Å². The van der Waals surface area contributed by atoms with Gasteiger partial charge >= 0.3 is 0 Å². The van der Waals surface area contributed by atoms with Crippen LogP contribution in [0.3, 0.4) is 0 Å². The Hall–Kier alpha value is -0.863. The van der Waals surface area contributed by atoms with Gasteiger partial charge in [0.2, 0.25) is 0 Å². The molecule has 0 amide bonds. The highest BCUT2D eigenvalue weighted by molar-refractivity contribution is 6.45. The van der Waals surface area contributed by atoms with Crippen LogP contribution in [0, 0.1) is 6.92 Å². The van der Waals surface area contributed by atoms with Crippen LogP contribution in [-0.4, -0.2) is 16.1 Å². The van der Waals surface area contributed by atoms with Gasteiger partial charge in [-0.1, -0.05) is 29.8 Å². The van der Waals surface area contributed by atoms with E-state index in [1.54, 1.807) is 0 Å². The second-order valence-corrected chi connectivity index (χ2v) is 6.79. The molecule has 2 rings (SSSR count). The van der Waals surface area contributed by atoms with E-state index in [2.05, 4.69) is 43.5 Å². The number of ether oxygens (including phenoxy) is 1. The summed E-state index contributed by atoms with van der Waals surface area (Å²) in [5, 5.41) is 0.0354. The van der Waals surface area contributed by atoms with Crippen LogP contribution in [0.25, 0.3) is 0 Å². The molecule has 0 N–H and O–H groups in total. The average molecular weight is 232 g/mol. The van der Waals surface area contributed by atoms with Crippen LogP contribution in [0.1, 0.15) is 30.4 Å². The minimum absolute atomic E-state index is 0.0354. The Balaban J connectivity index is 2.30. The van der Waals surface area contributed by atoms with Crippen molar-refractivity contribution < 1.29 is 4.74 Å². The van der Waals surface area contributed by atoms with E-state index < -0.39 is 9.52 Å². The Morgan fingerprint density at radius 3 is 2.62 bits per heavy atom. The first kappa shape index (κ1) is 11.6. The molecule has 16 heavy (non-hydrogen) atoms. The van der Waals surface area contributed by atoms with Crippen LogP contribution in [0.15, 0.2) is 36.5 Å². The number of aryl methyl sites for hydroxylation is 1. The van der Waals surface area contributed by atoms with Crippen LogP contribution in [0.5, 0.6) is 0 Å². The summed E-state index contributed by atoms with van der Waals surface area (Å²) in [5.41, 5.74) is 4.80. The highest BCUT2D eigenvalue weighted by Gasteiger charge is 2.33. The first-order valence-electron chi connectivity index (χ1n) is 6.09. The van der Waals surface area contributed by atoms with Crippen LogP contribution in [0.2, 0.25) is 0 Å². The summed E-state index contributed by atoms with van der Waals surface area (Å²) in [6.45, 7) is 6.96. The van der Waals surface area contributed by atoms with Crippen molar-refractivity contribution in [3.63, 3.8) is 0 Å². The molecular formula is C14H20OSi. The fourth-order valence-electron chi connectivity index (χ4n) is 2.45. The molecule has 1 heterocycles. The first-order chi connectivity index (χ1) is 7.77. The van der Waals surface area contributed by atoms with Crippen molar-refractivity contribution in [2.45, 2.75) is 31.4 Å². The first-order valence-corrected chi connectivity index (χ1v) is 7.61. The molecule has 1 aliphatic rings. The minimum atomic E-state index is -0.400. The molecule has 0 aromatic heterocycles. The zero-order chi connectivity index (χ0) is 11.4. The van der Waals surface area contributed by atoms with Crippen molar-refractivity contribution in [3.8, 4) is 0 Å². The quantitative estimate of drug-likeness (QED) is 0.728. The van der Waals surface area contributed by atoms with Gasteiger partial charge in [0.05, 0.1) is 14.7 Å². The summed E-state index contributed by atoms with van der Waals surface area (Å²) in [6, 6.07) is 8.84. The Morgan fingerprint density at radius 1 is 1.31 bits per heavy atom. The minimum Gasteiger partial charge on any atom is -0.374 e. The molecule has 1 unspecified atom stereocenters. The second-order valence-electron chi connectivity index (χ2n) is 4.66. The number of hydrogen-bond donors (Lipinski definition) is 0. The van der Waals surface area contributed by atoms with Gasteiger partial charge in [-0.25, -0.2) is 0 Å². The maximum Gasteiger partial charge on any atom is 0.0884 e. The van der Waals surface area contributed by atoms with Gasteiger partial charge in [-0.2, -0.15) is 0 Å². The molecule has 1 nitrogen and oxygen atoms in total. The summed E-state index contributed by atoms with van der Waals surface area (Å²) in [4.78, 5) is 0. The maximum absolute atomic E-state index is 6.12. The second kappa shape index (κ2) is 4.98. The Kier molecular flexibility index (Phi) is 3.61. The van der Waals surface area contributed by atoms with Gasteiger partial charge in [0, 0.05) is 6.61 Å². The van der Waals surface area contributed by atoms with Crippen molar-refractivity contribution in [2.75, 3.05) is 6.61 Å². The lowest BCUT2D eigenvalue weighted by atomic mass is 9.99. The molecule has 1 aromatic rings. The molecule has 0 spiro atoms. The molecule has 1 fully saturated rings. The third-order valence-electron chi connectivity index (χ3n) is 3.41. The summed E-state index contributed by atoms with van der Waals surface area (Å²) in [7, 11) is -0.400. The van der Waals surface area contributed by atoms with Crippen molar-refractivity contribution >= 4 is 9.52 Å².